The van der Waals surface area contributed by atoms with Gasteiger partial charge < -0.3 is 4.74 Å². The van der Waals surface area contributed by atoms with Crippen molar-refractivity contribution in [3.05, 3.63) is 0 Å². The fourth-order valence-electron chi connectivity index (χ4n) is 0.980. The van der Waals surface area contributed by atoms with Crippen LogP contribution in [0.2, 0.25) is 0 Å². The Labute approximate surface area is 67.3 Å². The third-order valence-corrected chi connectivity index (χ3v) is 1.85. The molecule has 11 heavy (non-hydrogen) atoms. The number of Topliss-reactive ketones (excluding diaryl/α,β-unsaturated/α-hetero) is 1. The van der Waals surface area contributed by atoms with Crippen LogP contribution in [-0.4, -0.2) is 37.1 Å². The Balaban J connectivity index is 2.24. The number of ether oxygens (including phenoxy) is 1. The molecule has 0 saturated carbocycles. The minimum absolute atomic E-state index is 0.149. The summed E-state index contributed by atoms with van der Waals surface area (Å²) in [5, 5.41) is 0. The van der Waals surface area contributed by atoms with E-state index in [0.29, 0.717) is 19.1 Å². The van der Waals surface area contributed by atoms with E-state index >= 15 is 0 Å². The van der Waals surface area contributed by atoms with Gasteiger partial charge >= 0.3 is 0 Å². The standard InChI is InChI=1S/C8H15NO2/c1-7(2)8(10)5-9-3-4-11-6-9/h7H,3-6H2,1-2H3. The summed E-state index contributed by atoms with van der Waals surface area (Å²) in [6, 6.07) is 0. The average Bonchev–Trinajstić information content (AvgIpc) is 2.39. The summed E-state index contributed by atoms with van der Waals surface area (Å²) < 4.78 is 5.11. The van der Waals surface area contributed by atoms with E-state index < -0.39 is 0 Å². The highest BCUT2D eigenvalue weighted by Gasteiger charge is 2.16. The van der Waals surface area contributed by atoms with E-state index in [9.17, 15) is 4.79 Å². The van der Waals surface area contributed by atoms with Crippen molar-refractivity contribution in [3.63, 3.8) is 0 Å². The second-order valence-corrected chi connectivity index (χ2v) is 3.21. The van der Waals surface area contributed by atoms with Crippen molar-refractivity contribution in [1.82, 2.24) is 4.90 Å². The first kappa shape index (κ1) is 8.68. The fourth-order valence-corrected chi connectivity index (χ4v) is 0.980. The molecular formula is C8H15NO2. The summed E-state index contributed by atoms with van der Waals surface area (Å²) in [6.45, 7) is 6.71. The Bertz CT molecular complexity index is 139. The minimum Gasteiger partial charge on any atom is -0.365 e. The molecular weight excluding hydrogens is 142 g/mol. The van der Waals surface area contributed by atoms with Crippen LogP contribution in [0.3, 0.4) is 0 Å². The van der Waals surface area contributed by atoms with Crippen molar-refractivity contribution in [2.45, 2.75) is 13.8 Å². The topological polar surface area (TPSA) is 29.5 Å². The third-order valence-electron chi connectivity index (χ3n) is 1.85. The van der Waals surface area contributed by atoms with Crippen molar-refractivity contribution in [2.75, 3.05) is 26.4 Å². The lowest BCUT2D eigenvalue weighted by molar-refractivity contribution is -0.123. The van der Waals surface area contributed by atoms with E-state index in [1.807, 2.05) is 18.7 Å². The zero-order valence-electron chi connectivity index (χ0n) is 7.17. The molecule has 0 amide bonds. The van der Waals surface area contributed by atoms with Crippen LogP contribution in [0.15, 0.2) is 0 Å². The summed E-state index contributed by atoms with van der Waals surface area (Å²) in [7, 11) is 0. The van der Waals surface area contributed by atoms with Crippen molar-refractivity contribution in [3.8, 4) is 0 Å². The summed E-state index contributed by atoms with van der Waals surface area (Å²) in [6.07, 6.45) is 0. The van der Waals surface area contributed by atoms with Gasteiger partial charge in [-0.25, -0.2) is 0 Å². The lowest BCUT2D eigenvalue weighted by Gasteiger charge is -2.12. The zero-order valence-corrected chi connectivity index (χ0v) is 7.17. The third kappa shape index (κ3) is 2.60. The summed E-state index contributed by atoms with van der Waals surface area (Å²) in [5.41, 5.74) is 0. The van der Waals surface area contributed by atoms with Crippen LogP contribution in [-0.2, 0) is 9.53 Å². The fraction of sp³-hybridized carbons (Fsp3) is 0.875. The molecule has 1 rings (SSSR count). The Morgan fingerprint density at radius 1 is 1.64 bits per heavy atom. The number of nitrogens with zero attached hydrogens (tertiary/aromatic N) is 1. The van der Waals surface area contributed by atoms with Crippen LogP contribution in [0, 0.1) is 5.92 Å². The van der Waals surface area contributed by atoms with Gasteiger partial charge in [-0.2, -0.15) is 0 Å². The predicted molar refractivity (Wildman–Crippen MR) is 42.2 cm³/mol. The van der Waals surface area contributed by atoms with Crippen LogP contribution >= 0.6 is 0 Å². The molecule has 0 spiro atoms. The molecule has 1 fully saturated rings. The first-order chi connectivity index (χ1) is 5.20. The number of rotatable bonds is 3. The Morgan fingerprint density at radius 2 is 2.36 bits per heavy atom. The summed E-state index contributed by atoms with van der Waals surface area (Å²) >= 11 is 0. The molecule has 1 aliphatic rings. The van der Waals surface area contributed by atoms with Crippen LogP contribution in [0.1, 0.15) is 13.8 Å². The van der Waals surface area contributed by atoms with Gasteiger partial charge in [-0.15, -0.1) is 0 Å². The van der Waals surface area contributed by atoms with E-state index in [4.69, 9.17) is 4.74 Å². The lowest BCUT2D eigenvalue weighted by Crippen LogP contribution is -2.29. The number of carbonyl (C=O) groups is 1. The SMILES string of the molecule is CC(C)C(=O)CN1CCOC1. The van der Waals surface area contributed by atoms with Crippen LogP contribution in [0.5, 0.6) is 0 Å². The Kier molecular flexibility index (Phi) is 3.02. The molecule has 0 bridgehead atoms. The van der Waals surface area contributed by atoms with E-state index in [-0.39, 0.29) is 5.92 Å². The average molecular weight is 157 g/mol. The van der Waals surface area contributed by atoms with E-state index in [1.54, 1.807) is 0 Å². The molecule has 0 radical (unpaired) electrons. The first-order valence-corrected chi connectivity index (χ1v) is 4.03. The maximum absolute atomic E-state index is 11.2. The van der Waals surface area contributed by atoms with Crippen LogP contribution in [0.4, 0.5) is 0 Å². The lowest BCUT2D eigenvalue weighted by atomic mass is 10.1. The maximum atomic E-state index is 11.2. The monoisotopic (exact) mass is 157 g/mol. The number of hydrogen-bond donors (Lipinski definition) is 0. The highest BCUT2D eigenvalue weighted by Crippen LogP contribution is 2.02. The molecule has 3 nitrogen and oxygen atoms in total. The second-order valence-electron chi connectivity index (χ2n) is 3.21. The first-order valence-electron chi connectivity index (χ1n) is 4.03. The molecule has 1 heterocycles. The largest absolute Gasteiger partial charge is 0.365 e. The van der Waals surface area contributed by atoms with Crippen molar-refractivity contribution < 1.29 is 9.53 Å². The summed E-state index contributed by atoms with van der Waals surface area (Å²) in [4.78, 5) is 13.2. The molecule has 0 aliphatic carbocycles. The molecule has 1 aliphatic heterocycles. The molecule has 0 atom stereocenters. The van der Waals surface area contributed by atoms with Gasteiger partial charge in [-0.1, -0.05) is 13.8 Å². The maximum Gasteiger partial charge on any atom is 0.149 e. The highest BCUT2D eigenvalue weighted by molar-refractivity contribution is 5.82. The molecule has 3 heteroatoms. The Morgan fingerprint density at radius 3 is 2.82 bits per heavy atom. The second kappa shape index (κ2) is 3.83. The highest BCUT2D eigenvalue weighted by atomic mass is 16.5. The van der Waals surface area contributed by atoms with Gasteiger partial charge in [0, 0.05) is 12.5 Å². The van der Waals surface area contributed by atoms with Crippen molar-refractivity contribution >= 4 is 5.78 Å². The van der Waals surface area contributed by atoms with Gasteiger partial charge in [0.2, 0.25) is 0 Å². The molecule has 0 aromatic carbocycles. The number of ketones is 1. The van der Waals surface area contributed by atoms with Crippen molar-refractivity contribution in [2.24, 2.45) is 5.92 Å². The van der Waals surface area contributed by atoms with E-state index in [2.05, 4.69) is 0 Å². The number of hydrogen-bond acceptors (Lipinski definition) is 3. The normalized spacial score (nSPS) is 19.5. The molecule has 0 N–H and O–H groups in total. The molecule has 0 unspecified atom stereocenters. The van der Waals surface area contributed by atoms with Crippen LogP contribution in [0.25, 0.3) is 0 Å². The smallest absolute Gasteiger partial charge is 0.149 e. The van der Waals surface area contributed by atoms with Gasteiger partial charge in [0.1, 0.15) is 5.78 Å². The number of carbonyl (C=O) groups excluding carboxylic acids is 1. The van der Waals surface area contributed by atoms with Gasteiger partial charge in [0.05, 0.1) is 19.9 Å². The predicted octanol–water partition coefficient (Wildman–Crippen LogP) is 0.501. The van der Waals surface area contributed by atoms with Crippen molar-refractivity contribution in [1.29, 1.82) is 0 Å². The molecule has 64 valence electrons. The molecule has 1 saturated heterocycles. The molecule has 0 aromatic heterocycles. The van der Waals surface area contributed by atoms with E-state index in [0.717, 1.165) is 13.2 Å². The molecule has 0 aromatic rings. The zero-order chi connectivity index (χ0) is 8.27. The van der Waals surface area contributed by atoms with E-state index in [1.165, 1.54) is 0 Å². The van der Waals surface area contributed by atoms with Gasteiger partial charge in [0.15, 0.2) is 0 Å². The Hall–Kier alpha value is -0.410. The van der Waals surface area contributed by atoms with Gasteiger partial charge in [-0.05, 0) is 0 Å². The quantitative estimate of drug-likeness (QED) is 0.597. The van der Waals surface area contributed by atoms with Gasteiger partial charge in [0.25, 0.3) is 0 Å². The van der Waals surface area contributed by atoms with Gasteiger partial charge in [-0.3, -0.25) is 9.69 Å². The van der Waals surface area contributed by atoms with Crippen LogP contribution < -0.4 is 0 Å². The summed E-state index contributed by atoms with van der Waals surface area (Å²) in [5.74, 6) is 0.450. The minimum atomic E-state index is 0.149.